The summed E-state index contributed by atoms with van der Waals surface area (Å²) in [5.74, 6) is -2.22. The van der Waals surface area contributed by atoms with E-state index >= 15 is 0 Å². The minimum atomic E-state index is -1.32. The lowest BCUT2D eigenvalue weighted by molar-refractivity contribution is -0.154. The first-order chi connectivity index (χ1) is 17.3. The number of alkyl halides is 1. The van der Waals surface area contributed by atoms with Crippen molar-refractivity contribution in [1.82, 2.24) is 4.98 Å². The van der Waals surface area contributed by atoms with Gasteiger partial charge in [0, 0.05) is 23.6 Å². The van der Waals surface area contributed by atoms with Gasteiger partial charge in [0.2, 0.25) is 0 Å². The van der Waals surface area contributed by atoms with Crippen LogP contribution in [0.2, 0.25) is 0 Å². The molecule has 0 spiro atoms. The number of hydrogen-bond donors (Lipinski definition) is 2. The Labute approximate surface area is 227 Å². The number of fused-ring (bicyclic) bond motifs is 1. The number of thiazole rings is 1. The lowest BCUT2D eigenvalue weighted by atomic mass is 9.72. The van der Waals surface area contributed by atoms with Crippen LogP contribution in [0, 0.1) is 24.2 Å². The third-order valence-electron chi connectivity index (χ3n) is 7.24. The van der Waals surface area contributed by atoms with Crippen LogP contribution in [0.1, 0.15) is 57.7 Å². The normalized spacial score (nSPS) is 35.9. The molecule has 2 N–H and O–H groups in total. The zero-order valence-corrected chi connectivity index (χ0v) is 23.7. The first kappa shape index (κ1) is 29.9. The molecule has 1 aromatic heterocycles. The van der Waals surface area contributed by atoms with Crippen molar-refractivity contribution in [2.45, 2.75) is 83.4 Å². The Morgan fingerprint density at radius 1 is 1.35 bits per heavy atom. The van der Waals surface area contributed by atoms with Gasteiger partial charge in [-0.25, -0.2) is 4.98 Å². The van der Waals surface area contributed by atoms with Gasteiger partial charge in [0.25, 0.3) is 0 Å². The standard InChI is InChI=1S/C27H38ClNO7S/c1-7-8-19-24(32)16(3)12-34-14-27(28)22(36-27)10-20(15(2)9-18-13-37-17(4)29-18)35-23(31)11-21(30)26(5,6)25(19)33/h7,9,13,16,19-22,24,30,32H,1,8,10-12,14H2,2-6H3/t16-,19+,20-,21-,22-,24-,27+/m0/s1. The second-order valence-corrected chi connectivity index (χ2v) is 12.4. The largest absolute Gasteiger partial charge is 0.458 e. The average Bonchev–Trinajstić information content (AvgIpc) is 3.27. The molecule has 206 valence electrons. The van der Waals surface area contributed by atoms with Gasteiger partial charge in [-0.15, -0.1) is 17.9 Å². The van der Waals surface area contributed by atoms with Crippen molar-refractivity contribution in [3.05, 3.63) is 34.3 Å². The van der Waals surface area contributed by atoms with Crippen molar-refractivity contribution in [2.24, 2.45) is 17.3 Å². The first-order valence-corrected chi connectivity index (χ1v) is 13.8. The van der Waals surface area contributed by atoms with Gasteiger partial charge in [-0.2, -0.15) is 0 Å². The van der Waals surface area contributed by atoms with E-state index in [1.165, 1.54) is 11.3 Å². The van der Waals surface area contributed by atoms with Gasteiger partial charge in [-0.3, -0.25) is 9.59 Å². The molecule has 0 bridgehead atoms. The monoisotopic (exact) mass is 555 g/mol. The zero-order chi connectivity index (χ0) is 27.5. The van der Waals surface area contributed by atoms with Gasteiger partial charge in [0.15, 0.2) is 5.06 Å². The van der Waals surface area contributed by atoms with Gasteiger partial charge in [0.05, 0.1) is 48.0 Å². The van der Waals surface area contributed by atoms with E-state index in [0.29, 0.717) is 6.42 Å². The van der Waals surface area contributed by atoms with Crippen molar-refractivity contribution >= 4 is 40.8 Å². The Kier molecular flexibility index (Phi) is 9.75. The maximum absolute atomic E-state index is 13.5. The quantitative estimate of drug-likeness (QED) is 0.247. The fourth-order valence-electron chi connectivity index (χ4n) is 4.57. The van der Waals surface area contributed by atoms with Crippen LogP contribution in [-0.4, -0.2) is 69.6 Å². The molecule has 2 aliphatic rings. The maximum atomic E-state index is 13.5. The number of halogens is 1. The Balaban J connectivity index is 1.88. The number of epoxide rings is 1. The van der Waals surface area contributed by atoms with E-state index in [2.05, 4.69) is 11.6 Å². The lowest BCUT2D eigenvalue weighted by Crippen LogP contribution is -2.47. The number of esters is 1. The molecule has 3 heterocycles. The number of ketones is 1. The van der Waals surface area contributed by atoms with Gasteiger partial charge in [0.1, 0.15) is 18.0 Å². The third-order valence-corrected chi connectivity index (χ3v) is 8.48. The molecule has 2 aliphatic heterocycles. The van der Waals surface area contributed by atoms with E-state index in [1.54, 1.807) is 26.8 Å². The molecule has 0 unspecified atom stereocenters. The molecule has 37 heavy (non-hydrogen) atoms. The molecular formula is C27H38ClNO7S. The Morgan fingerprint density at radius 3 is 2.68 bits per heavy atom. The van der Waals surface area contributed by atoms with E-state index < -0.39 is 52.7 Å². The number of allylic oxidation sites excluding steroid dienone is 1. The summed E-state index contributed by atoms with van der Waals surface area (Å²) in [5.41, 5.74) is 0.199. The van der Waals surface area contributed by atoms with Crippen LogP contribution in [0.4, 0.5) is 0 Å². The number of aromatic nitrogens is 1. The predicted octanol–water partition coefficient (Wildman–Crippen LogP) is 4.06. The summed E-state index contributed by atoms with van der Waals surface area (Å²) in [4.78, 5) is 30.9. The Morgan fingerprint density at radius 2 is 2.05 bits per heavy atom. The summed E-state index contributed by atoms with van der Waals surface area (Å²) < 4.78 is 17.3. The summed E-state index contributed by atoms with van der Waals surface area (Å²) in [7, 11) is 0. The summed E-state index contributed by atoms with van der Waals surface area (Å²) in [6.45, 7) is 12.6. The number of aliphatic hydroxyl groups excluding tert-OH is 2. The molecule has 0 saturated carbocycles. The van der Waals surface area contributed by atoms with Gasteiger partial charge in [-0.05, 0) is 31.9 Å². The SMILES string of the molecule is C=CC[C@H]1C(=O)C(C)(C)[C@@H](O)CC(=O)O[C@H](C(C)=Cc2csc(C)n2)C[C@@H]2O[C@]2(Cl)COC[C@H](C)[C@@H]1O. The molecule has 10 heteroatoms. The highest BCUT2D eigenvalue weighted by Gasteiger charge is 2.57. The number of carbonyl (C=O) groups is 2. The lowest BCUT2D eigenvalue weighted by Gasteiger charge is -2.35. The summed E-state index contributed by atoms with van der Waals surface area (Å²) >= 11 is 8.12. The third kappa shape index (κ3) is 7.28. The van der Waals surface area contributed by atoms with Gasteiger partial charge < -0.3 is 24.4 Å². The van der Waals surface area contributed by atoms with E-state index in [-0.39, 0.29) is 31.8 Å². The van der Waals surface area contributed by atoms with Gasteiger partial charge in [-0.1, -0.05) is 38.4 Å². The van der Waals surface area contributed by atoms with Crippen LogP contribution in [0.25, 0.3) is 6.08 Å². The van der Waals surface area contributed by atoms with E-state index in [1.807, 2.05) is 25.3 Å². The molecule has 3 rings (SSSR count). The summed E-state index contributed by atoms with van der Waals surface area (Å²) in [6, 6.07) is 0. The first-order valence-electron chi connectivity index (χ1n) is 12.5. The fraction of sp³-hybridized carbons (Fsp3) is 0.667. The van der Waals surface area contributed by atoms with Crippen LogP contribution >= 0.6 is 22.9 Å². The topological polar surface area (TPSA) is 118 Å². The second kappa shape index (κ2) is 12.1. The predicted molar refractivity (Wildman–Crippen MR) is 142 cm³/mol. The average molecular weight is 556 g/mol. The van der Waals surface area contributed by atoms with Crippen molar-refractivity contribution in [3.63, 3.8) is 0 Å². The smallest absolute Gasteiger partial charge is 0.309 e. The number of Topliss-reactive ketones (excluding diaryl/α,β-unsaturated/α-hetero) is 1. The number of cyclic esters (lactones) is 1. The number of aliphatic hydroxyl groups is 2. The molecule has 2 saturated heterocycles. The second-order valence-electron chi connectivity index (χ2n) is 10.7. The maximum Gasteiger partial charge on any atom is 0.309 e. The van der Waals surface area contributed by atoms with Crippen LogP contribution in [0.3, 0.4) is 0 Å². The minimum Gasteiger partial charge on any atom is -0.458 e. The molecule has 8 nitrogen and oxygen atoms in total. The van der Waals surface area contributed by atoms with Gasteiger partial charge >= 0.3 is 5.97 Å². The van der Waals surface area contributed by atoms with Crippen LogP contribution < -0.4 is 0 Å². The van der Waals surface area contributed by atoms with Crippen LogP contribution in [0.5, 0.6) is 0 Å². The summed E-state index contributed by atoms with van der Waals surface area (Å²) in [5, 5.41) is 23.7. The molecule has 1 aromatic rings. The Bertz CT molecular complexity index is 1020. The van der Waals surface area contributed by atoms with Crippen LogP contribution in [0.15, 0.2) is 23.6 Å². The van der Waals surface area contributed by atoms with E-state index in [9.17, 15) is 19.8 Å². The van der Waals surface area contributed by atoms with Crippen LogP contribution in [-0.2, 0) is 23.8 Å². The summed E-state index contributed by atoms with van der Waals surface area (Å²) in [6.07, 6.45) is 0.0962. The van der Waals surface area contributed by atoms with E-state index in [0.717, 1.165) is 16.3 Å². The minimum absolute atomic E-state index is 0.0786. The number of rotatable bonds is 4. The molecule has 7 atom stereocenters. The molecule has 0 aliphatic carbocycles. The number of aryl methyl sites for hydroxylation is 1. The molecule has 0 radical (unpaired) electrons. The van der Waals surface area contributed by atoms with E-state index in [4.69, 9.17) is 25.8 Å². The van der Waals surface area contributed by atoms with Crippen molar-refractivity contribution in [2.75, 3.05) is 13.2 Å². The fourth-order valence-corrected chi connectivity index (χ4v) is 5.41. The van der Waals surface area contributed by atoms with Crippen molar-refractivity contribution in [1.29, 1.82) is 0 Å². The zero-order valence-electron chi connectivity index (χ0n) is 22.1. The highest BCUT2D eigenvalue weighted by atomic mass is 35.5. The number of ether oxygens (including phenoxy) is 3. The van der Waals surface area contributed by atoms with Crippen molar-refractivity contribution < 1.29 is 34.0 Å². The molecular weight excluding hydrogens is 518 g/mol. The molecule has 0 aromatic carbocycles. The number of nitrogens with zero attached hydrogens (tertiary/aromatic N) is 1. The highest BCUT2D eigenvalue weighted by Crippen LogP contribution is 2.45. The Hall–Kier alpha value is -1.62. The highest BCUT2D eigenvalue weighted by molar-refractivity contribution is 7.09. The number of hydrogen-bond acceptors (Lipinski definition) is 9. The van der Waals surface area contributed by atoms with Crippen molar-refractivity contribution in [3.8, 4) is 0 Å². The molecule has 2 fully saturated rings. The molecule has 0 amide bonds. The number of carbonyl (C=O) groups excluding carboxylic acids is 2.